The number of anilines is 1. The zero-order valence-corrected chi connectivity index (χ0v) is 17.1. The van der Waals surface area contributed by atoms with Crippen LogP contribution in [0.3, 0.4) is 0 Å². The highest BCUT2D eigenvalue weighted by Crippen LogP contribution is 2.24. The number of benzene rings is 2. The first-order valence-corrected chi connectivity index (χ1v) is 10.3. The highest BCUT2D eigenvalue weighted by molar-refractivity contribution is 8.00. The van der Waals surface area contributed by atoms with E-state index in [4.69, 9.17) is 5.26 Å². The molecule has 0 saturated heterocycles. The molecule has 1 aromatic heterocycles. The molecule has 0 aliphatic rings. The third-order valence-electron chi connectivity index (χ3n) is 4.24. The lowest BCUT2D eigenvalue weighted by Gasteiger charge is -2.15. The van der Waals surface area contributed by atoms with Crippen molar-refractivity contribution < 1.29 is 9.59 Å². The van der Waals surface area contributed by atoms with Gasteiger partial charge in [0, 0.05) is 16.8 Å². The summed E-state index contributed by atoms with van der Waals surface area (Å²) in [5.74, 6) is -0.304. The minimum absolute atomic E-state index is 0.136. The lowest BCUT2D eigenvalue weighted by Crippen LogP contribution is -2.27. The molecule has 0 spiro atoms. The number of rotatable bonds is 7. The maximum atomic E-state index is 12.8. The molecule has 30 heavy (non-hydrogen) atoms. The van der Waals surface area contributed by atoms with E-state index in [1.54, 1.807) is 42.6 Å². The summed E-state index contributed by atoms with van der Waals surface area (Å²) < 4.78 is 0. The molecule has 2 N–H and O–H groups in total. The lowest BCUT2D eigenvalue weighted by molar-refractivity contribution is -0.113. The van der Waals surface area contributed by atoms with Crippen molar-refractivity contribution in [1.29, 1.82) is 5.26 Å². The molecular weight excluding hydrogens is 396 g/mol. The standard InChI is InChI=1S/C23H20N4O2S/c1-16(20-10-4-5-12-25-20)26-23(29)19-9-2-3-11-21(19)30-15-22(28)27-18-8-6-7-17(13-18)14-24/h2-13,16H,15H2,1H3,(H,26,29)(H,27,28). The molecule has 2 amide bonds. The average Bonchev–Trinajstić information content (AvgIpc) is 2.78. The number of pyridine rings is 1. The predicted molar refractivity (Wildman–Crippen MR) is 117 cm³/mol. The van der Waals surface area contributed by atoms with E-state index >= 15 is 0 Å². The highest BCUT2D eigenvalue weighted by Gasteiger charge is 2.16. The van der Waals surface area contributed by atoms with Crippen LogP contribution in [0.1, 0.15) is 34.6 Å². The molecule has 6 nitrogen and oxygen atoms in total. The summed E-state index contributed by atoms with van der Waals surface area (Å²) in [4.78, 5) is 30.1. The molecule has 0 aliphatic carbocycles. The fraction of sp³-hybridized carbons (Fsp3) is 0.130. The summed E-state index contributed by atoms with van der Waals surface area (Å²) in [6.45, 7) is 1.87. The van der Waals surface area contributed by atoms with Gasteiger partial charge in [0.2, 0.25) is 5.91 Å². The third kappa shape index (κ3) is 5.69. The summed E-state index contributed by atoms with van der Waals surface area (Å²) in [6, 6.07) is 21.2. The average molecular weight is 417 g/mol. The van der Waals surface area contributed by atoms with Crippen molar-refractivity contribution in [2.24, 2.45) is 0 Å². The largest absolute Gasteiger partial charge is 0.344 e. The molecule has 3 aromatic rings. The molecule has 3 rings (SSSR count). The molecule has 0 fully saturated rings. The van der Waals surface area contributed by atoms with Crippen molar-refractivity contribution in [2.75, 3.05) is 11.1 Å². The lowest BCUT2D eigenvalue weighted by atomic mass is 10.1. The minimum atomic E-state index is -0.243. The van der Waals surface area contributed by atoms with Crippen LogP contribution in [0.5, 0.6) is 0 Å². The molecule has 1 atom stereocenters. The van der Waals surface area contributed by atoms with E-state index < -0.39 is 0 Å². The number of aromatic nitrogens is 1. The molecule has 1 unspecified atom stereocenters. The minimum Gasteiger partial charge on any atom is -0.344 e. The number of thioether (sulfide) groups is 1. The number of hydrogen-bond acceptors (Lipinski definition) is 5. The smallest absolute Gasteiger partial charge is 0.252 e. The van der Waals surface area contributed by atoms with Crippen molar-refractivity contribution >= 4 is 29.3 Å². The number of carbonyl (C=O) groups excluding carboxylic acids is 2. The molecule has 1 heterocycles. The van der Waals surface area contributed by atoms with Crippen molar-refractivity contribution in [2.45, 2.75) is 17.9 Å². The molecular formula is C23H20N4O2S. The SMILES string of the molecule is CC(NC(=O)c1ccccc1SCC(=O)Nc1cccc(C#N)c1)c1ccccn1. The molecule has 0 bridgehead atoms. The second-order valence-electron chi connectivity index (χ2n) is 6.48. The Labute approximate surface area is 179 Å². The van der Waals surface area contributed by atoms with Gasteiger partial charge in [-0.05, 0) is 49.4 Å². The van der Waals surface area contributed by atoms with Crippen LogP contribution in [0.2, 0.25) is 0 Å². The maximum absolute atomic E-state index is 12.8. The van der Waals surface area contributed by atoms with Gasteiger partial charge in [0.1, 0.15) is 0 Å². The van der Waals surface area contributed by atoms with Crippen LogP contribution in [0.15, 0.2) is 77.8 Å². The first-order chi connectivity index (χ1) is 14.6. The van der Waals surface area contributed by atoms with Gasteiger partial charge in [-0.1, -0.05) is 24.3 Å². The van der Waals surface area contributed by atoms with E-state index in [1.165, 1.54) is 11.8 Å². The van der Waals surface area contributed by atoms with Gasteiger partial charge in [-0.15, -0.1) is 11.8 Å². The number of nitriles is 1. The van der Waals surface area contributed by atoms with Gasteiger partial charge < -0.3 is 10.6 Å². The molecule has 2 aromatic carbocycles. The quantitative estimate of drug-likeness (QED) is 0.564. The monoisotopic (exact) mass is 416 g/mol. The van der Waals surface area contributed by atoms with Gasteiger partial charge >= 0.3 is 0 Å². The second kappa shape index (κ2) is 10.2. The van der Waals surface area contributed by atoms with E-state index in [-0.39, 0.29) is 23.6 Å². The van der Waals surface area contributed by atoms with Gasteiger partial charge in [-0.25, -0.2) is 0 Å². The Morgan fingerprint density at radius 2 is 1.90 bits per heavy atom. The van der Waals surface area contributed by atoms with E-state index in [0.29, 0.717) is 21.7 Å². The van der Waals surface area contributed by atoms with Gasteiger partial charge in [0.15, 0.2) is 0 Å². The number of amides is 2. The molecule has 0 aliphatic heterocycles. The van der Waals surface area contributed by atoms with Crippen LogP contribution >= 0.6 is 11.8 Å². The Morgan fingerprint density at radius 1 is 1.10 bits per heavy atom. The third-order valence-corrected chi connectivity index (χ3v) is 5.32. The number of hydrogen-bond donors (Lipinski definition) is 2. The Balaban J connectivity index is 1.62. The van der Waals surface area contributed by atoms with Crippen LogP contribution in [0, 0.1) is 11.3 Å². The Bertz CT molecular complexity index is 1080. The second-order valence-corrected chi connectivity index (χ2v) is 7.49. The molecule has 0 radical (unpaired) electrons. The van der Waals surface area contributed by atoms with Crippen LogP contribution in [-0.2, 0) is 4.79 Å². The van der Waals surface area contributed by atoms with Crippen LogP contribution < -0.4 is 10.6 Å². The first-order valence-electron chi connectivity index (χ1n) is 9.30. The first kappa shape index (κ1) is 21.1. The molecule has 150 valence electrons. The molecule has 0 saturated carbocycles. The Kier molecular flexibility index (Phi) is 7.19. The fourth-order valence-electron chi connectivity index (χ4n) is 2.77. The van der Waals surface area contributed by atoms with Gasteiger partial charge in [0.25, 0.3) is 5.91 Å². The number of nitrogens with one attached hydrogen (secondary N) is 2. The van der Waals surface area contributed by atoms with E-state index in [1.807, 2.05) is 43.3 Å². The Hall–Kier alpha value is -3.63. The van der Waals surface area contributed by atoms with Crippen molar-refractivity contribution in [1.82, 2.24) is 10.3 Å². The summed E-state index contributed by atoms with van der Waals surface area (Å²) in [7, 11) is 0. The van der Waals surface area contributed by atoms with Gasteiger partial charge in [-0.2, -0.15) is 5.26 Å². The number of nitrogens with zero attached hydrogens (tertiary/aromatic N) is 2. The summed E-state index contributed by atoms with van der Waals surface area (Å²) >= 11 is 1.28. The zero-order chi connectivity index (χ0) is 21.3. The predicted octanol–water partition coefficient (Wildman–Crippen LogP) is 4.18. The maximum Gasteiger partial charge on any atom is 0.252 e. The van der Waals surface area contributed by atoms with Crippen LogP contribution in [-0.4, -0.2) is 22.6 Å². The van der Waals surface area contributed by atoms with Crippen LogP contribution in [0.25, 0.3) is 0 Å². The Morgan fingerprint density at radius 3 is 2.67 bits per heavy atom. The van der Waals surface area contributed by atoms with Crippen molar-refractivity contribution in [3.05, 3.63) is 89.7 Å². The van der Waals surface area contributed by atoms with Crippen molar-refractivity contribution in [3.63, 3.8) is 0 Å². The van der Waals surface area contributed by atoms with Gasteiger partial charge in [0.05, 0.1) is 34.7 Å². The van der Waals surface area contributed by atoms with E-state index in [2.05, 4.69) is 15.6 Å². The number of carbonyl (C=O) groups is 2. The highest BCUT2D eigenvalue weighted by atomic mass is 32.2. The topological polar surface area (TPSA) is 94.9 Å². The zero-order valence-electron chi connectivity index (χ0n) is 16.3. The summed E-state index contributed by atoms with van der Waals surface area (Å²) in [6.07, 6.45) is 1.69. The van der Waals surface area contributed by atoms with E-state index in [0.717, 1.165) is 5.69 Å². The normalized spacial score (nSPS) is 11.2. The van der Waals surface area contributed by atoms with E-state index in [9.17, 15) is 9.59 Å². The fourth-order valence-corrected chi connectivity index (χ4v) is 3.62. The van der Waals surface area contributed by atoms with Crippen LogP contribution in [0.4, 0.5) is 5.69 Å². The summed E-state index contributed by atoms with van der Waals surface area (Å²) in [5, 5.41) is 14.7. The molecule has 7 heteroatoms. The van der Waals surface area contributed by atoms with Gasteiger partial charge in [-0.3, -0.25) is 14.6 Å². The summed E-state index contributed by atoms with van der Waals surface area (Å²) in [5.41, 5.74) is 2.32. The van der Waals surface area contributed by atoms with Crippen molar-refractivity contribution in [3.8, 4) is 6.07 Å².